The largest absolute Gasteiger partial charge is 0.369 e. The Morgan fingerprint density at radius 1 is 0.963 bits per heavy atom. The van der Waals surface area contributed by atoms with Gasteiger partial charge in [-0.2, -0.15) is 0 Å². The average molecular weight is 365 g/mol. The number of para-hydroxylation sites is 2. The molecule has 3 aromatic rings. The van der Waals surface area contributed by atoms with Crippen LogP contribution in [-0.2, 0) is 6.54 Å². The normalized spacial score (nSPS) is 19.5. The second-order valence-electron chi connectivity index (χ2n) is 7.55. The Morgan fingerprint density at radius 3 is 2.44 bits per heavy atom. The number of anilines is 1. The molecule has 0 saturated carbocycles. The van der Waals surface area contributed by atoms with Crippen LogP contribution in [0.3, 0.4) is 0 Å². The van der Waals surface area contributed by atoms with Gasteiger partial charge in [0.05, 0.1) is 17.6 Å². The minimum atomic E-state index is -0.170. The molecule has 0 aliphatic carbocycles. The molecule has 2 aliphatic heterocycles. The zero-order valence-corrected chi connectivity index (χ0v) is 15.3. The minimum absolute atomic E-state index is 0.170. The molecule has 0 unspecified atom stereocenters. The van der Waals surface area contributed by atoms with Crippen LogP contribution in [-0.4, -0.2) is 65.1 Å². The molecular formula is C21H24FN5. The first kappa shape index (κ1) is 16.7. The van der Waals surface area contributed by atoms with Gasteiger partial charge >= 0.3 is 0 Å². The van der Waals surface area contributed by atoms with Crippen LogP contribution in [0.25, 0.3) is 11.0 Å². The molecule has 0 radical (unpaired) electrons. The SMILES string of the molecule is Fc1ccc(N2CCN(C3CN(Cc4nc5ccccc5[nH]4)C3)CC2)cc1. The molecule has 0 spiro atoms. The fourth-order valence-corrected chi connectivity index (χ4v) is 4.19. The zero-order chi connectivity index (χ0) is 18.2. The van der Waals surface area contributed by atoms with Crippen molar-refractivity contribution in [1.82, 2.24) is 19.8 Å². The molecule has 5 nitrogen and oxygen atoms in total. The number of hydrogen-bond acceptors (Lipinski definition) is 4. The number of nitrogens with zero attached hydrogens (tertiary/aromatic N) is 4. The molecule has 6 heteroatoms. The van der Waals surface area contributed by atoms with Crippen molar-refractivity contribution in [2.24, 2.45) is 0 Å². The first-order valence-electron chi connectivity index (χ1n) is 9.65. The number of nitrogens with one attached hydrogen (secondary N) is 1. The highest BCUT2D eigenvalue weighted by Gasteiger charge is 2.33. The minimum Gasteiger partial charge on any atom is -0.369 e. The number of H-pyrrole nitrogens is 1. The Kier molecular flexibility index (Phi) is 4.30. The van der Waals surface area contributed by atoms with Crippen LogP contribution in [0.1, 0.15) is 5.82 Å². The molecule has 2 fully saturated rings. The van der Waals surface area contributed by atoms with Crippen molar-refractivity contribution in [3.63, 3.8) is 0 Å². The molecule has 0 atom stereocenters. The number of rotatable bonds is 4. The van der Waals surface area contributed by atoms with Gasteiger partial charge in [0.15, 0.2) is 0 Å². The first-order chi connectivity index (χ1) is 13.2. The molecule has 3 heterocycles. The lowest BCUT2D eigenvalue weighted by atomic mass is 10.1. The van der Waals surface area contributed by atoms with Crippen molar-refractivity contribution in [2.45, 2.75) is 12.6 Å². The van der Waals surface area contributed by atoms with Crippen molar-refractivity contribution >= 4 is 16.7 Å². The quantitative estimate of drug-likeness (QED) is 0.772. The highest BCUT2D eigenvalue weighted by Crippen LogP contribution is 2.22. The summed E-state index contributed by atoms with van der Waals surface area (Å²) in [6, 6.07) is 15.7. The van der Waals surface area contributed by atoms with Crippen LogP contribution in [0.2, 0.25) is 0 Å². The van der Waals surface area contributed by atoms with Crippen LogP contribution in [0, 0.1) is 5.82 Å². The molecular weight excluding hydrogens is 341 g/mol. The number of halogens is 1. The third-order valence-corrected chi connectivity index (χ3v) is 5.77. The summed E-state index contributed by atoms with van der Waals surface area (Å²) in [5, 5.41) is 0. The Balaban J connectivity index is 1.11. The average Bonchev–Trinajstić information content (AvgIpc) is 3.08. The summed E-state index contributed by atoms with van der Waals surface area (Å²) in [7, 11) is 0. The molecule has 1 aromatic heterocycles. The molecule has 5 rings (SSSR count). The van der Waals surface area contributed by atoms with Gasteiger partial charge in [-0.25, -0.2) is 9.37 Å². The van der Waals surface area contributed by atoms with E-state index in [0.717, 1.165) is 68.4 Å². The Morgan fingerprint density at radius 2 is 1.70 bits per heavy atom. The Bertz CT molecular complexity index is 875. The zero-order valence-electron chi connectivity index (χ0n) is 15.3. The van der Waals surface area contributed by atoms with Gasteiger partial charge in [0.2, 0.25) is 0 Å². The highest BCUT2D eigenvalue weighted by molar-refractivity contribution is 5.74. The fraction of sp³-hybridized carbons (Fsp3) is 0.381. The van der Waals surface area contributed by atoms with Crippen LogP contribution < -0.4 is 4.90 Å². The van der Waals surface area contributed by atoms with E-state index in [1.165, 1.54) is 0 Å². The van der Waals surface area contributed by atoms with Crippen LogP contribution in [0.4, 0.5) is 10.1 Å². The number of aromatic nitrogens is 2. The van der Waals surface area contributed by atoms with E-state index in [2.05, 4.69) is 36.8 Å². The summed E-state index contributed by atoms with van der Waals surface area (Å²) < 4.78 is 13.1. The smallest absolute Gasteiger partial charge is 0.123 e. The van der Waals surface area contributed by atoms with E-state index in [9.17, 15) is 4.39 Å². The molecule has 2 aliphatic rings. The highest BCUT2D eigenvalue weighted by atomic mass is 19.1. The summed E-state index contributed by atoms with van der Waals surface area (Å²) in [6.07, 6.45) is 0. The Hall–Kier alpha value is -2.44. The van der Waals surface area contributed by atoms with E-state index in [4.69, 9.17) is 0 Å². The van der Waals surface area contributed by atoms with Crippen molar-refractivity contribution in [2.75, 3.05) is 44.2 Å². The predicted molar refractivity (Wildman–Crippen MR) is 105 cm³/mol. The summed E-state index contributed by atoms with van der Waals surface area (Å²) in [6.45, 7) is 7.25. The maximum absolute atomic E-state index is 13.1. The van der Waals surface area contributed by atoms with E-state index in [1.54, 1.807) is 12.1 Å². The fourth-order valence-electron chi connectivity index (χ4n) is 4.19. The van der Waals surface area contributed by atoms with E-state index in [0.29, 0.717) is 6.04 Å². The summed E-state index contributed by atoms with van der Waals surface area (Å²) in [5.74, 6) is 0.882. The van der Waals surface area contributed by atoms with Gasteiger partial charge in [0, 0.05) is 51.0 Å². The molecule has 1 N–H and O–H groups in total. The van der Waals surface area contributed by atoms with Gasteiger partial charge in [-0.05, 0) is 36.4 Å². The van der Waals surface area contributed by atoms with Crippen LogP contribution >= 0.6 is 0 Å². The lowest BCUT2D eigenvalue weighted by Gasteiger charge is -2.48. The number of piperazine rings is 1. The summed E-state index contributed by atoms with van der Waals surface area (Å²) in [4.78, 5) is 15.5. The van der Waals surface area contributed by atoms with E-state index in [1.807, 2.05) is 24.3 Å². The molecule has 27 heavy (non-hydrogen) atoms. The lowest BCUT2D eigenvalue weighted by Crippen LogP contribution is -2.62. The number of hydrogen-bond donors (Lipinski definition) is 1. The number of benzene rings is 2. The monoisotopic (exact) mass is 365 g/mol. The number of aromatic amines is 1. The van der Waals surface area contributed by atoms with Gasteiger partial charge < -0.3 is 9.88 Å². The van der Waals surface area contributed by atoms with Gasteiger partial charge in [-0.1, -0.05) is 12.1 Å². The number of imidazole rings is 1. The first-order valence-corrected chi connectivity index (χ1v) is 9.65. The topological polar surface area (TPSA) is 38.4 Å². The van der Waals surface area contributed by atoms with Crippen LogP contribution in [0.15, 0.2) is 48.5 Å². The molecule has 0 bridgehead atoms. The van der Waals surface area contributed by atoms with E-state index < -0.39 is 0 Å². The predicted octanol–water partition coefficient (Wildman–Crippen LogP) is 2.71. The second-order valence-corrected chi connectivity index (χ2v) is 7.55. The van der Waals surface area contributed by atoms with E-state index >= 15 is 0 Å². The van der Waals surface area contributed by atoms with Gasteiger partial charge in [-0.15, -0.1) is 0 Å². The molecule has 140 valence electrons. The number of likely N-dealkylation sites (tertiary alicyclic amines) is 1. The number of fused-ring (bicyclic) bond motifs is 1. The molecule has 2 saturated heterocycles. The molecule has 2 aromatic carbocycles. The van der Waals surface area contributed by atoms with Crippen molar-refractivity contribution in [1.29, 1.82) is 0 Å². The maximum Gasteiger partial charge on any atom is 0.123 e. The summed E-state index contributed by atoms with van der Waals surface area (Å²) in [5.41, 5.74) is 3.28. The summed E-state index contributed by atoms with van der Waals surface area (Å²) >= 11 is 0. The van der Waals surface area contributed by atoms with Crippen LogP contribution in [0.5, 0.6) is 0 Å². The lowest BCUT2D eigenvalue weighted by molar-refractivity contribution is 0.0243. The van der Waals surface area contributed by atoms with Crippen molar-refractivity contribution in [3.8, 4) is 0 Å². The van der Waals surface area contributed by atoms with E-state index in [-0.39, 0.29) is 5.82 Å². The van der Waals surface area contributed by atoms with Gasteiger partial charge in [0.1, 0.15) is 11.6 Å². The van der Waals surface area contributed by atoms with Gasteiger partial charge in [-0.3, -0.25) is 9.80 Å². The van der Waals surface area contributed by atoms with Gasteiger partial charge in [0.25, 0.3) is 0 Å². The third-order valence-electron chi connectivity index (χ3n) is 5.77. The molecule has 0 amide bonds. The Labute approximate surface area is 158 Å². The van der Waals surface area contributed by atoms with Crippen molar-refractivity contribution < 1.29 is 4.39 Å². The third kappa shape index (κ3) is 3.42. The second kappa shape index (κ2) is 6.94. The maximum atomic E-state index is 13.1. The van der Waals surface area contributed by atoms with Crippen molar-refractivity contribution in [3.05, 3.63) is 60.2 Å². The standard InChI is InChI=1S/C21H24FN5/c22-16-5-7-17(8-6-16)26-9-11-27(12-10-26)18-13-25(14-18)15-21-23-19-3-1-2-4-20(19)24-21/h1-8,18H,9-15H2,(H,23,24).